The van der Waals surface area contributed by atoms with E-state index in [-0.39, 0.29) is 18.2 Å². The van der Waals surface area contributed by atoms with Crippen molar-refractivity contribution < 1.29 is 19.0 Å². The number of hydrogen-bond donors (Lipinski definition) is 1. The van der Waals surface area contributed by atoms with Crippen molar-refractivity contribution in [3.63, 3.8) is 0 Å². The zero-order valence-electron chi connectivity index (χ0n) is 18.7. The van der Waals surface area contributed by atoms with Gasteiger partial charge in [0.25, 0.3) is 5.91 Å². The van der Waals surface area contributed by atoms with Gasteiger partial charge in [0.05, 0.1) is 29.5 Å². The number of thiazole rings is 1. The first-order valence-electron chi connectivity index (χ1n) is 11.1. The summed E-state index contributed by atoms with van der Waals surface area (Å²) in [6.07, 6.45) is 1.71. The third-order valence-corrected chi connectivity index (χ3v) is 6.81. The summed E-state index contributed by atoms with van der Waals surface area (Å²) in [5.74, 6) is 1.26. The van der Waals surface area contributed by atoms with Crippen molar-refractivity contribution in [3.8, 4) is 11.5 Å². The van der Waals surface area contributed by atoms with Gasteiger partial charge in [-0.05, 0) is 49.6 Å². The van der Waals surface area contributed by atoms with Gasteiger partial charge in [0.2, 0.25) is 0 Å². The number of nitrogens with one attached hydrogen (secondary N) is 1. The predicted molar refractivity (Wildman–Crippen MR) is 127 cm³/mol. The van der Waals surface area contributed by atoms with Crippen LogP contribution in [0.15, 0.2) is 47.8 Å². The molecular formula is C25H27N3O4S. The van der Waals surface area contributed by atoms with Crippen molar-refractivity contribution in [3.05, 3.63) is 69.7 Å². The lowest BCUT2D eigenvalue weighted by Gasteiger charge is -2.39. The Kier molecular flexibility index (Phi) is 6.20. The van der Waals surface area contributed by atoms with Crippen LogP contribution in [0.1, 0.15) is 45.6 Å². The van der Waals surface area contributed by atoms with Crippen LogP contribution in [-0.4, -0.2) is 42.2 Å². The number of anilines is 1. The highest BCUT2D eigenvalue weighted by Crippen LogP contribution is 2.37. The molecule has 3 heterocycles. The topological polar surface area (TPSA) is 72.9 Å². The van der Waals surface area contributed by atoms with Crippen molar-refractivity contribution >= 4 is 22.9 Å². The highest BCUT2D eigenvalue weighted by Gasteiger charge is 2.35. The van der Waals surface area contributed by atoms with Gasteiger partial charge in [-0.25, -0.2) is 4.98 Å². The molecule has 0 saturated carbocycles. The fourth-order valence-electron chi connectivity index (χ4n) is 4.35. The van der Waals surface area contributed by atoms with Gasteiger partial charge >= 0.3 is 0 Å². The number of amides is 1. The molecule has 1 amide bonds. The summed E-state index contributed by atoms with van der Waals surface area (Å²) in [6.45, 7) is 3.63. The van der Waals surface area contributed by atoms with Gasteiger partial charge in [0, 0.05) is 24.2 Å². The highest BCUT2D eigenvalue weighted by molar-refractivity contribution is 7.09. The van der Waals surface area contributed by atoms with Crippen LogP contribution in [0.5, 0.6) is 11.5 Å². The maximum Gasteiger partial charge on any atom is 0.257 e. The van der Waals surface area contributed by atoms with Crippen LogP contribution in [0.4, 0.5) is 5.69 Å². The molecule has 0 spiro atoms. The molecule has 2 aliphatic heterocycles. The lowest BCUT2D eigenvalue weighted by Crippen LogP contribution is -2.46. The summed E-state index contributed by atoms with van der Waals surface area (Å²) < 4.78 is 17.5. The van der Waals surface area contributed by atoms with Crippen molar-refractivity contribution in [1.29, 1.82) is 0 Å². The molecule has 0 radical (unpaired) electrons. The quantitative estimate of drug-likeness (QED) is 0.541. The number of aryl methyl sites for hydroxylation is 1. The molecule has 2 aromatic carbocycles. The minimum absolute atomic E-state index is 0.00282. The van der Waals surface area contributed by atoms with E-state index in [4.69, 9.17) is 14.2 Å². The van der Waals surface area contributed by atoms with E-state index in [0.29, 0.717) is 30.2 Å². The first-order valence-corrected chi connectivity index (χ1v) is 12.0. The number of para-hydroxylation sites is 1. The number of rotatable bonds is 7. The Labute approximate surface area is 197 Å². The van der Waals surface area contributed by atoms with E-state index in [1.807, 2.05) is 59.7 Å². The van der Waals surface area contributed by atoms with Crippen LogP contribution in [0.2, 0.25) is 0 Å². The number of benzene rings is 2. The second-order valence-corrected chi connectivity index (χ2v) is 9.30. The number of hydrogen-bond acceptors (Lipinski definition) is 7. The van der Waals surface area contributed by atoms with Crippen molar-refractivity contribution in [2.24, 2.45) is 0 Å². The molecule has 1 saturated heterocycles. The molecule has 8 heteroatoms. The monoisotopic (exact) mass is 465 g/mol. The smallest absolute Gasteiger partial charge is 0.257 e. The molecule has 5 rings (SSSR count). The largest absolute Gasteiger partial charge is 0.493 e. The number of fused-ring (bicyclic) bond motifs is 1. The van der Waals surface area contributed by atoms with Gasteiger partial charge < -0.3 is 24.4 Å². The van der Waals surface area contributed by atoms with E-state index < -0.39 is 0 Å². The maximum absolute atomic E-state index is 13.4. The van der Waals surface area contributed by atoms with E-state index in [1.54, 1.807) is 18.4 Å². The Bertz CT molecular complexity index is 1140. The molecule has 2 aliphatic rings. The molecule has 1 fully saturated rings. The fourth-order valence-corrected chi connectivity index (χ4v) is 4.95. The number of nitrogens with zero attached hydrogens (tertiary/aromatic N) is 2. The highest BCUT2D eigenvalue weighted by atomic mass is 32.1. The SMILES string of the molecule is COc1cc([C@H]2Nc3ccccc3C(=O)N2C[C@@H]2CCCO2)ccc1OCc1csc(C)n1. The van der Waals surface area contributed by atoms with Gasteiger partial charge in [-0.1, -0.05) is 18.2 Å². The molecule has 0 aliphatic carbocycles. The molecule has 0 unspecified atom stereocenters. The molecule has 2 atom stereocenters. The average Bonchev–Trinajstić information content (AvgIpc) is 3.51. The third kappa shape index (κ3) is 4.54. The lowest BCUT2D eigenvalue weighted by molar-refractivity contribution is 0.0426. The fraction of sp³-hybridized carbons (Fsp3) is 0.360. The Balaban J connectivity index is 1.42. The minimum Gasteiger partial charge on any atom is -0.493 e. The van der Waals surface area contributed by atoms with Crippen LogP contribution in [0.25, 0.3) is 0 Å². The summed E-state index contributed by atoms with van der Waals surface area (Å²) in [4.78, 5) is 19.8. The van der Waals surface area contributed by atoms with Crippen LogP contribution < -0.4 is 14.8 Å². The van der Waals surface area contributed by atoms with Crippen molar-refractivity contribution in [2.45, 2.75) is 38.6 Å². The Morgan fingerprint density at radius 2 is 2.12 bits per heavy atom. The van der Waals surface area contributed by atoms with E-state index in [9.17, 15) is 4.79 Å². The summed E-state index contributed by atoms with van der Waals surface area (Å²) in [5, 5.41) is 6.55. The van der Waals surface area contributed by atoms with Crippen LogP contribution >= 0.6 is 11.3 Å². The normalized spacial score (nSPS) is 19.8. The molecule has 3 aromatic rings. The van der Waals surface area contributed by atoms with Crippen LogP contribution in [0.3, 0.4) is 0 Å². The Morgan fingerprint density at radius 3 is 2.88 bits per heavy atom. The van der Waals surface area contributed by atoms with Gasteiger partial charge in [-0.15, -0.1) is 11.3 Å². The summed E-state index contributed by atoms with van der Waals surface area (Å²) in [6, 6.07) is 13.4. The second kappa shape index (κ2) is 9.41. The molecule has 1 N–H and O–H groups in total. The van der Waals surface area contributed by atoms with Gasteiger partial charge in [-0.3, -0.25) is 4.79 Å². The Hall–Kier alpha value is -3.10. The summed E-state index contributed by atoms with van der Waals surface area (Å²) in [5.41, 5.74) is 3.32. The van der Waals surface area contributed by atoms with Gasteiger partial charge in [0.15, 0.2) is 11.5 Å². The predicted octanol–water partition coefficient (Wildman–Crippen LogP) is 4.78. The third-order valence-electron chi connectivity index (χ3n) is 5.99. The van der Waals surface area contributed by atoms with E-state index in [0.717, 1.165) is 41.4 Å². The van der Waals surface area contributed by atoms with Crippen molar-refractivity contribution in [2.75, 3.05) is 25.6 Å². The maximum atomic E-state index is 13.4. The molecular weight excluding hydrogens is 438 g/mol. The second-order valence-electron chi connectivity index (χ2n) is 8.24. The van der Waals surface area contributed by atoms with E-state index in [1.165, 1.54) is 0 Å². The lowest BCUT2D eigenvalue weighted by atomic mass is 10.0. The number of aromatic nitrogens is 1. The summed E-state index contributed by atoms with van der Waals surface area (Å²) in [7, 11) is 1.62. The zero-order chi connectivity index (χ0) is 22.8. The minimum atomic E-state index is -0.333. The number of methoxy groups -OCH3 is 1. The standard InChI is InChI=1S/C25H27N3O4S/c1-16-26-18(15-33-16)14-32-22-10-9-17(12-23(22)30-2)24-27-21-8-4-3-7-20(21)25(29)28(24)13-19-6-5-11-31-19/h3-4,7-10,12,15,19,24,27H,5-6,11,13-14H2,1-2H3/t19-,24-/m0/s1. The van der Waals surface area contributed by atoms with Crippen molar-refractivity contribution in [1.82, 2.24) is 9.88 Å². The first-order chi connectivity index (χ1) is 16.1. The number of carbonyl (C=O) groups is 1. The van der Waals surface area contributed by atoms with E-state index >= 15 is 0 Å². The van der Waals surface area contributed by atoms with Gasteiger partial charge in [-0.2, -0.15) is 0 Å². The molecule has 7 nitrogen and oxygen atoms in total. The van der Waals surface area contributed by atoms with Gasteiger partial charge in [0.1, 0.15) is 12.8 Å². The van der Waals surface area contributed by atoms with Crippen LogP contribution in [-0.2, 0) is 11.3 Å². The molecule has 33 heavy (non-hydrogen) atoms. The summed E-state index contributed by atoms with van der Waals surface area (Å²) >= 11 is 1.60. The Morgan fingerprint density at radius 1 is 1.24 bits per heavy atom. The number of carbonyl (C=O) groups excluding carboxylic acids is 1. The molecule has 1 aromatic heterocycles. The first kappa shape index (κ1) is 21.7. The average molecular weight is 466 g/mol. The van der Waals surface area contributed by atoms with E-state index in [2.05, 4.69) is 10.3 Å². The van der Waals surface area contributed by atoms with Crippen LogP contribution in [0, 0.1) is 6.92 Å². The number of ether oxygens (including phenoxy) is 3. The molecule has 0 bridgehead atoms. The molecule has 172 valence electrons. The zero-order valence-corrected chi connectivity index (χ0v) is 19.6.